The van der Waals surface area contributed by atoms with Gasteiger partial charge < -0.3 is 15.0 Å². The van der Waals surface area contributed by atoms with Gasteiger partial charge in [0.25, 0.3) is 0 Å². The molecule has 112 valence electrons. The Bertz CT molecular complexity index is 418. The number of aromatic nitrogens is 2. The van der Waals surface area contributed by atoms with E-state index in [1.54, 1.807) is 13.4 Å². The highest BCUT2D eigenvalue weighted by molar-refractivity contribution is 5.65. The predicted molar refractivity (Wildman–Crippen MR) is 82.6 cm³/mol. The number of methoxy groups -OCH3 is 1. The average Bonchev–Trinajstić information content (AvgIpc) is 2.50. The summed E-state index contributed by atoms with van der Waals surface area (Å²) >= 11 is 0. The highest BCUT2D eigenvalue weighted by atomic mass is 16.5. The van der Waals surface area contributed by atoms with E-state index in [9.17, 15) is 0 Å². The molecule has 0 amide bonds. The van der Waals surface area contributed by atoms with Crippen LogP contribution in [0.5, 0.6) is 5.75 Å². The van der Waals surface area contributed by atoms with E-state index < -0.39 is 0 Å². The second-order valence-corrected chi connectivity index (χ2v) is 5.19. The Hall–Kier alpha value is -1.52. The smallest absolute Gasteiger partial charge is 0.204 e. The van der Waals surface area contributed by atoms with Gasteiger partial charge in [-0.25, -0.2) is 9.97 Å². The minimum Gasteiger partial charge on any atom is -0.490 e. The van der Waals surface area contributed by atoms with Crippen LogP contribution in [0.25, 0.3) is 0 Å². The van der Waals surface area contributed by atoms with Gasteiger partial charge in [0.1, 0.15) is 6.33 Å². The van der Waals surface area contributed by atoms with E-state index >= 15 is 0 Å². The Balaban J connectivity index is 2.30. The van der Waals surface area contributed by atoms with E-state index in [1.165, 1.54) is 32.1 Å². The molecule has 5 nitrogen and oxygen atoms in total. The first kappa shape index (κ1) is 14.9. The van der Waals surface area contributed by atoms with Gasteiger partial charge in [-0.05, 0) is 26.7 Å². The Morgan fingerprint density at radius 2 is 2.00 bits per heavy atom. The van der Waals surface area contributed by atoms with Crippen molar-refractivity contribution < 1.29 is 4.74 Å². The molecule has 1 aromatic rings. The molecule has 2 rings (SSSR count). The van der Waals surface area contributed by atoms with E-state index in [4.69, 9.17) is 4.74 Å². The van der Waals surface area contributed by atoms with Gasteiger partial charge in [0.15, 0.2) is 11.6 Å². The first-order valence-corrected chi connectivity index (χ1v) is 7.71. The van der Waals surface area contributed by atoms with Crippen LogP contribution in [-0.2, 0) is 0 Å². The van der Waals surface area contributed by atoms with Crippen LogP contribution in [0.2, 0.25) is 0 Å². The number of nitrogens with one attached hydrogen (secondary N) is 1. The van der Waals surface area contributed by atoms with Crippen molar-refractivity contribution in [3.63, 3.8) is 0 Å². The summed E-state index contributed by atoms with van der Waals surface area (Å²) in [6, 6.07) is 0.576. The Morgan fingerprint density at radius 1 is 1.25 bits per heavy atom. The molecule has 0 aliphatic heterocycles. The first-order chi connectivity index (χ1) is 9.81. The molecule has 1 aliphatic carbocycles. The second kappa shape index (κ2) is 7.31. The highest BCUT2D eigenvalue weighted by Gasteiger charge is 2.25. The van der Waals surface area contributed by atoms with Crippen LogP contribution < -0.4 is 15.0 Å². The zero-order chi connectivity index (χ0) is 14.4. The molecule has 1 saturated carbocycles. The average molecular weight is 278 g/mol. The summed E-state index contributed by atoms with van der Waals surface area (Å²) in [7, 11) is 1.69. The molecular formula is C15H26N4O. The zero-order valence-electron chi connectivity index (χ0n) is 12.9. The molecule has 5 heteroatoms. The fourth-order valence-corrected chi connectivity index (χ4v) is 3.02. The van der Waals surface area contributed by atoms with Gasteiger partial charge in [0, 0.05) is 19.1 Å². The van der Waals surface area contributed by atoms with Crippen LogP contribution in [0.15, 0.2) is 6.33 Å². The molecule has 0 atom stereocenters. The second-order valence-electron chi connectivity index (χ2n) is 5.19. The summed E-state index contributed by atoms with van der Waals surface area (Å²) in [5.74, 6) is 2.48. The Labute approximate surface area is 121 Å². The van der Waals surface area contributed by atoms with Gasteiger partial charge in [0.05, 0.1) is 7.11 Å². The zero-order valence-corrected chi connectivity index (χ0v) is 12.9. The lowest BCUT2D eigenvalue weighted by molar-refractivity contribution is 0.393. The topological polar surface area (TPSA) is 50.3 Å². The molecule has 0 unspecified atom stereocenters. The molecule has 0 spiro atoms. The largest absolute Gasteiger partial charge is 0.490 e. The van der Waals surface area contributed by atoms with Crippen molar-refractivity contribution in [3.05, 3.63) is 6.33 Å². The number of anilines is 2. The fourth-order valence-electron chi connectivity index (χ4n) is 3.02. The SMILES string of the molecule is CCNc1ncnc(N(CC)C2CCCCC2)c1OC. The van der Waals surface area contributed by atoms with Crippen LogP contribution in [0.3, 0.4) is 0 Å². The monoisotopic (exact) mass is 278 g/mol. The standard InChI is InChI=1S/C15H26N4O/c1-4-16-14-13(20-3)15(18-11-17-14)19(5-2)12-9-7-6-8-10-12/h11-12H,4-10H2,1-3H3,(H,16,17,18). The van der Waals surface area contributed by atoms with Gasteiger partial charge in [-0.2, -0.15) is 0 Å². The summed E-state index contributed by atoms with van der Waals surface area (Å²) in [6.45, 7) is 6.01. The normalized spacial score (nSPS) is 15.9. The summed E-state index contributed by atoms with van der Waals surface area (Å²) in [4.78, 5) is 11.2. The van der Waals surface area contributed by atoms with Gasteiger partial charge in [-0.15, -0.1) is 0 Å². The number of hydrogen-bond acceptors (Lipinski definition) is 5. The molecule has 0 aromatic carbocycles. The highest BCUT2D eigenvalue weighted by Crippen LogP contribution is 2.35. The van der Waals surface area contributed by atoms with E-state index in [1.807, 2.05) is 0 Å². The molecule has 1 aromatic heterocycles. The Kier molecular flexibility index (Phi) is 5.44. The quantitative estimate of drug-likeness (QED) is 0.866. The van der Waals surface area contributed by atoms with Crippen LogP contribution in [0.1, 0.15) is 46.0 Å². The van der Waals surface area contributed by atoms with E-state index in [-0.39, 0.29) is 0 Å². The van der Waals surface area contributed by atoms with Crippen LogP contribution in [0, 0.1) is 0 Å². The van der Waals surface area contributed by atoms with Crippen molar-refractivity contribution in [1.29, 1.82) is 0 Å². The van der Waals surface area contributed by atoms with Crippen LogP contribution in [-0.4, -0.2) is 36.2 Å². The van der Waals surface area contributed by atoms with Crippen molar-refractivity contribution in [1.82, 2.24) is 9.97 Å². The van der Waals surface area contributed by atoms with Crippen LogP contribution in [0.4, 0.5) is 11.6 Å². The van der Waals surface area contributed by atoms with Crippen LogP contribution >= 0.6 is 0 Å². The molecule has 0 bridgehead atoms. The van der Waals surface area contributed by atoms with Gasteiger partial charge in [-0.3, -0.25) is 0 Å². The molecule has 20 heavy (non-hydrogen) atoms. The minimum atomic E-state index is 0.576. The fraction of sp³-hybridized carbons (Fsp3) is 0.733. The summed E-state index contributed by atoms with van der Waals surface area (Å²) in [5.41, 5.74) is 0. The number of hydrogen-bond donors (Lipinski definition) is 1. The van der Waals surface area contributed by atoms with E-state index in [0.29, 0.717) is 6.04 Å². The summed E-state index contributed by atoms with van der Waals surface area (Å²) in [6.07, 6.45) is 8.11. The van der Waals surface area contributed by atoms with Crippen molar-refractivity contribution in [2.45, 2.75) is 52.0 Å². The molecule has 1 heterocycles. The molecule has 1 fully saturated rings. The number of rotatable bonds is 6. The van der Waals surface area contributed by atoms with Gasteiger partial charge >= 0.3 is 0 Å². The maximum Gasteiger partial charge on any atom is 0.204 e. The lowest BCUT2D eigenvalue weighted by atomic mass is 9.94. The van der Waals surface area contributed by atoms with Crippen molar-refractivity contribution in [2.75, 3.05) is 30.4 Å². The lowest BCUT2D eigenvalue weighted by Crippen LogP contribution is -2.37. The summed E-state index contributed by atoms with van der Waals surface area (Å²) in [5, 5.41) is 3.25. The maximum absolute atomic E-state index is 5.57. The van der Waals surface area contributed by atoms with Gasteiger partial charge in [-0.1, -0.05) is 19.3 Å². The summed E-state index contributed by atoms with van der Waals surface area (Å²) < 4.78 is 5.57. The molecular weight excluding hydrogens is 252 g/mol. The lowest BCUT2D eigenvalue weighted by Gasteiger charge is -2.35. The first-order valence-electron chi connectivity index (χ1n) is 7.71. The van der Waals surface area contributed by atoms with E-state index in [0.717, 1.165) is 30.5 Å². The third kappa shape index (κ3) is 3.14. The maximum atomic E-state index is 5.57. The predicted octanol–water partition coefficient (Wildman–Crippen LogP) is 3.08. The van der Waals surface area contributed by atoms with Crippen molar-refractivity contribution in [3.8, 4) is 5.75 Å². The third-order valence-electron chi connectivity index (χ3n) is 3.96. The van der Waals surface area contributed by atoms with Gasteiger partial charge in [0.2, 0.25) is 5.75 Å². The van der Waals surface area contributed by atoms with E-state index in [2.05, 4.69) is 34.0 Å². The number of nitrogens with zero attached hydrogens (tertiary/aromatic N) is 3. The number of ether oxygens (including phenoxy) is 1. The molecule has 1 N–H and O–H groups in total. The molecule has 0 radical (unpaired) electrons. The minimum absolute atomic E-state index is 0.576. The molecule has 1 aliphatic rings. The Morgan fingerprint density at radius 3 is 2.60 bits per heavy atom. The third-order valence-corrected chi connectivity index (χ3v) is 3.96. The van der Waals surface area contributed by atoms with Crippen molar-refractivity contribution in [2.24, 2.45) is 0 Å². The molecule has 0 saturated heterocycles. The van der Waals surface area contributed by atoms with Crippen molar-refractivity contribution >= 4 is 11.6 Å².